The van der Waals surface area contributed by atoms with E-state index >= 15 is 0 Å². The van der Waals surface area contributed by atoms with Gasteiger partial charge in [-0.3, -0.25) is 0 Å². The zero-order chi connectivity index (χ0) is 4.12. The first-order chi connectivity index (χ1) is 2.41. The van der Waals surface area contributed by atoms with Gasteiger partial charge in [-0.2, -0.15) is 0 Å². The Hall–Kier alpha value is 0.328. The van der Waals surface area contributed by atoms with Gasteiger partial charge < -0.3 is 0 Å². The van der Waals surface area contributed by atoms with Crippen LogP contribution in [0, 0.1) is 0 Å². The third kappa shape index (κ3) is 4.33. The van der Waals surface area contributed by atoms with Crippen LogP contribution in [0.4, 0.5) is 3.16 Å². The zero-order valence-electron chi connectivity index (χ0n) is 2.94. The average Bonchev–Trinajstić information content (AvgIpc) is 1.41. The molecule has 0 aromatic rings. The van der Waals surface area contributed by atoms with Crippen LogP contribution >= 0.6 is 0 Å². The Bertz CT molecular complexity index is 61.8. The molecule has 0 N–H and O–H groups in total. The molecule has 0 bridgehead atoms. The second-order valence-corrected chi connectivity index (χ2v) is 1.94. The predicted molar refractivity (Wildman–Crippen MR) is 15.0 cm³/mol. The molecular formula is C2H5FNW+. The van der Waals surface area contributed by atoms with Crippen molar-refractivity contribution >= 4 is 0 Å². The van der Waals surface area contributed by atoms with Crippen LogP contribution in [0.25, 0.3) is 3.31 Å². The fraction of sp³-hybridized carbons (Fsp3) is 1.00. The molecule has 0 aliphatic heterocycles. The van der Waals surface area contributed by atoms with Crippen LogP contribution in [0.5, 0.6) is 0 Å². The monoisotopic (exact) mass is 246 g/mol. The molecule has 0 aliphatic carbocycles. The van der Waals surface area contributed by atoms with Crippen molar-refractivity contribution in [1.29, 1.82) is 0 Å². The van der Waals surface area contributed by atoms with Crippen molar-refractivity contribution in [2.75, 3.05) is 6.54 Å². The standard InChI is InChI=1S/C2H5N.FH.W/c1-2-3;;/h2H2,1H3;1H;/q+1;;+1/p-1. The summed E-state index contributed by atoms with van der Waals surface area (Å²) in [6, 6.07) is 0. The van der Waals surface area contributed by atoms with Gasteiger partial charge in [-0.15, -0.1) is 0 Å². The number of rotatable bonds is 0. The molecule has 0 aliphatic rings. The summed E-state index contributed by atoms with van der Waals surface area (Å²) in [5.74, 6) is 0. The van der Waals surface area contributed by atoms with Crippen molar-refractivity contribution in [3.63, 3.8) is 0 Å². The SMILES string of the molecule is CC[N+]#[W][F]. The molecule has 0 saturated carbocycles. The van der Waals surface area contributed by atoms with E-state index in [-0.39, 0.29) is 0 Å². The number of halogens is 1. The second kappa shape index (κ2) is 4.33. The molecule has 0 rings (SSSR count). The first kappa shape index (κ1) is 5.33. The molecule has 0 fully saturated rings. The molecule has 0 aromatic carbocycles. The molecular weight excluding hydrogens is 241 g/mol. The van der Waals surface area contributed by atoms with Crippen molar-refractivity contribution in [2.24, 2.45) is 0 Å². The molecule has 0 aromatic heterocycles. The van der Waals surface area contributed by atoms with Crippen LogP contribution < -0.4 is 0 Å². The molecule has 30 valence electrons. The zero-order valence-corrected chi connectivity index (χ0v) is 5.87. The summed E-state index contributed by atoms with van der Waals surface area (Å²) in [5.41, 5.74) is 0. The third-order valence-electron chi connectivity index (χ3n) is 0.178. The molecule has 5 heavy (non-hydrogen) atoms. The van der Waals surface area contributed by atoms with Gasteiger partial charge in [0.25, 0.3) is 0 Å². The van der Waals surface area contributed by atoms with Crippen molar-refractivity contribution in [2.45, 2.75) is 6.92 Å². The van der Waals surface area contributed by atoms with Crippen LogP contribution in [-0.4, -0.2) is 6.54 Å². The predicted octanol–water partition coefficient (Wildman–Crippen LogP) is 1.26. The van der Waals surface area contributed by atoms with Crippen molar-refractivity contribution < 1.29 is 21.9 Å². The molecule has 0 saturated heterocycles. The van der Waals surface area contributed by atoms with Crippen molar-refractivity contribution in [3.05, 3.63) is 3.31 Å². The Kier molecular flexibility index (Phi) is 4.61. The first-order valence-corrected chi connectivity index (χ1v) is 3.78. The van der Waals surface area contributed by atoms with E-state index in [1.165, 1.54) is 0 Å². The summed E-state index contributed by atoms with van der Waals surface area (Å²) < 4.78 is 14.5. The van der Waals surface area contributed by atoms with E-state index in [0.29, 0.717) is 6.54 Å². The summed E-state index contributed by atoms with van der Waals surface area (Å²) in [6.07, 6.45) is 0. The van der Waals surface area contributed by atoms with E-state index in [4.69, 9.17) is 0 Å². The first-order valence-electron chi connectivity index (χ1n) is 1.36. The minimum atomic E-state index is -1.65. The molecule has 0 heterocycles. The third-order valence-corrected chi connectivity index (χ3v) is 1.46. The minimum absolute atomic E-state index is 0.668. The molecule has 1 nitrogen and oxygen atoms in total. The van der Waals surface area contributed by atoms with Gasteiger partial charge in [-0.05, 0) is 0 Å². The normalized spacial score (nSPS) is 6.00. The van der Waals surface area contributed by atoms with Gasteiger partial charge in [0.1, 0.15) is 0 Å². The van der Waals surface area contributed by atoms with Gasteiger partial charge in [-0.25, -0.2) is 0 Å². The van der Waals surface area contributed by atoms with E-state index in [2.05, 4.69) is 3.31 Å². The molecule has 3 heteroatoms. The van der Waals surface area contributed by atoms with Crippen molar-refractivity contribution in [3.8, 4) is 0 Å². The van der Waals surface area contributed by atoms with Crippen LogP contribution in [-0.2, 0) is 18.7 Å². The van der Waals surface area contributed by atoms with Gasteiger partial charge >= 0.3 is 38.7 Å². The van der Waals surface area contributed by atoms with E-state index in [0.717, 1.165) is 0 Å². The summed E-state index contributed by atoms with van der Waals surface area (Å²) in [5, 5.41) is 0. The average molecular weight is 246 g/mol. The van der Waals surface area contributed by atoms with Gasteiger partial charge in [0.15, 0.2) is 0 Å². The van der Waals surface area contributed by atoms with Crippen LogP contribution in [0.15, 0.2) is 0 Å². The molecule has 0 radical (unpaired) electrons. The Balaban J connectivity index is 2.81. The molecule has 0 atom stereocenters. The summed E-state index contributed by atoms with van der Waals surface area (Å²) in [6.45, 7) is 2.51. The summed E-state index contributed by atoms with van der Waals surface area (Å²) in [4.78, 5) is 0. The summed E-state index contributed by atoms with van der Waals surface area (Å²) in [7, 11) is 0. The Morgan fingerprint density at radius 2 is 2.60 bits per heavy atom. The number of nitrogens with zero attached hydrogens (tertiary/aromatic N) is 1. The Labute approximate surface area is 39.2 Å². The van der Waals surface area contributed by atoms with Gasteiger partial charge in [0.2, 0.25) is 0 Å². The van der Waals surface area contributed by atoms with E-state index in [1.807, 2.05) is 6.92 Å². The fourth-order valence-electron chi connectivity index (χ4n) is 0.0488. The fourth-order valence-corrected chi connectivity index (χ4v) is 0.399. The van der Waals surface area contributed by atoms with Gasteiger partial charge in [0, 0.05) is 0 Å². The van der Waals surface area contributed by atoms with E-state index in [9.17, 15) is 3.16 Å². The van der Waals surface area contributed by atoms with Crippen molar-refractivity contribution in [1.82, 2.24) is 0 Å². The molecule has 0 unspecified atom stereocenters. The number of hydrogen-bond donors (Lipinski definition) is 0. The quantitative estimate of drug-likeness (QED) is 0.606. The Morgan fingerprint density at radius 3 is 2.60 bits per heavy atom. The Morgan fingerprint density at radius 1 is 2.00 bits per heavy atom. The van der Waals surface area contributed by atoms with Crippen LogP contribution in [0.3, 0.4) is 0 Å². The second-order valence-electron chi connectivity index (χ2n) is 0.514. The van der Waals surface area contributed by atoms with E-state index < -0.39 is 18.7 Å². The maximum atomic E-state index is 11.0. The number of hydrogen-bond acceptors (Lipinski definition) is 0. The van der Waals surface area contributed by atoms with Crippen LogP contribution in [0.2, 0.25) is 0 Å². The topological polar surface area (TPSA) is 4.36 Å². The van der Waals surface area contributed by atoms with Gasteiger partial charge in [0.05, 0.1) is 0 Å². The van der Waals surface area contributed by atoms with Crippen LogP contribution in [0.1, 0.15) is 6.92 Å². The van der Waals surface area contributed by atoms with E-state index in [1.54, 1.807) is 0 Å². The molecule has 0 spiro atoms. The summed E-state index contributed by atoms with van der Waals surface area (Å²) >= 11 is -1.65. The maximum absolute atomic E-state index is 11.0. The van der Waals surface area contributed by atoms with Gasteiger partial charge in [-0.1, -0.05) is 0 Å². The molecule has 0 amide bonds.